The molecular formula is C12H16NO-. The standard InChI is InChI=1S/C12H16NO/c1-12(2,3)10-8-14-11(13-10)9-6-4-5-7-9/h4-7,10H,8H2,1-3H3/q-1/t10-/m1/s1. The van der Waals surface area contributed by atoms with Gasteiger partial charge < -0.3 is 10.1 Å². The van der Waals surface area contributed by atoms with Crippen LogP contribution in [0.1, 0.15) is 20.8 Å². The van der Waals surface area contributed by atoms with E-state index in [2.05, 4.69) is 26.1 Å². The lowest BCUT2D eigenvalue weighted by atomic mass is 9.88. The first-order valence-corrected chi connectivity index (χ1v) is 5.00. The SMILES string of the molecule is CC(C)(C)[C@H]1COC(=C2C=CC=C2)[N-]1. The molecule has 1 aliphatic carbocycles. The molecule has 0 bridgehead atoms. The van der Waals surface area contributed by atoms with Gasteiger partial charge in [0.05, 0.1) is 6.61 Å². The summed E-state index contributed by atoms with van der Waals surface area (Å²) in [6, 6.07) is 0.285. The molecule has 0 aromatic heterocycles. The fourth-order valence-corrected chi connectivity index (χ4v) is 1.49. The summed E-state index contributed by atoms with van der Waals surface area (Å²) in [7, 11) is 0. The van der Waals surface area contributed by atoms with Crippen molar-refractivity contribution in [3.8, 4) is 0 Å². The van der Waals surface area contributed by atoms with E-state index in [-0.39, 0.29) is 11.5 Å². The van der Waals surface area contributed by atoms with Gasteiger partial charge in [0, 0.05) is 5.88 Å². The zero-order valence-electron chi connectivity index (χ0n) is 8.95. The molecule has 1 aliphatic heterocycles. The van der Waals surface area contributed by atoms with E-state index >= 15 is 0 Å². The Morgan fingerprint density at radius 1 is 1.29 bits per heavy atom. The maximum absolute atomic E-state index is 5.59. The monoisotopic (exact) mass is 190 g/mol. The van der Waals surface area contributed by atoms with Gasteiger partial charge in [-0.1, -0.05) is 51.1 Å². The Hall–Kier alpha value is -1.18. The fraction of sp³-hybridized carbons (Fsp3) is 0.500. The summed E-state index contributed by atoms with van der Waals surface area (Å²) in [5.74, 6) is 0.801. The van der Waals surface area contributed by atoms with Crippen LogP contribution in [0.5, 0.6) is 0 Å². The molecule has 0 radical (unpaired) electrons. The molecule has 1 heterocycles. The third-order valence-corrected chi connectivity index (χ3v) is 2.56. The Kier molecular flexibility index (Phi) is 2.14. The summed E-state index contributed by atoms with van der Waals surface area (Å²) < 4.78 is 5.59. The van der Waals surface area contributed by atoms with E-state index in [9.17, 15) is 0 Å². The molecule has 76 valence electrons. The molecule has 14 heavy (non-hydrogen) atoms. The van der Waals surface area contributed by atoms with Gasteiger partial charge in [-0.2, -0.15) is 0 Å². The van der Waals surface area contributed by atoms with Crippen molar-refractivity contribution >= 4 is 0 Å². The van der Waals surface area contributed by atoms with Gasteiger partial charge in [-0.15, -0.1) is 0 Å². The molecule has 2 nitrogen and oxygen atoms in total. The molecule has 2 rings (SSSR count). The number of allylic oxidation sites excluding steroid dienone is 5. The van der Waals surface area contributed by atoms with Crippen LogP contribution in [-0.2, 0) is 4.74 Å². The lowest BCUT2D eigenvalue weighted by molar-refractivity contribution is 0.216. The molecule has 2 aliphatic rings. The van der Waals surface area contributed by atoms with Crippen molar-refractivity contribution in [2.75, 3.05) is 6.61 Å². The second-order valence-electron chi connectivity index (χ2n) is 4.80. The number of hydrogen-bond donors (Lipinski definition) is 0. The average Bonchev–Trinajstić information content (AvgIpc) is 2.73. The van der Waals surface area contributed by atoms with Gasteiger partial charge in [-0.25, -0.2) is 0 Å². The van der Waals surface area contributed by atoms with E-state index in [0.717, 1.165) is 11.5 Å². The summed E-state index contributed by atoms with van der Waals surface area (Å²) in [5.41, 5.74) is 1.28. The van der Waals surface area contributed by atoms with Crippen molar-refractivity contribution in [2.45, 2.75) is 26.8 Å². The summed E-state index contributed by atoms with van der Waals surface area (Å²) in [6.07, 6.45) is 8.07. The Bertz CT molecular complexity index is 304. The summed E-state index contributed by atoms with van der Waals surface area (Å²) in [4.78, 5) is 0. The van der Waals surface area contributed by atoms with Crippen molar-refractivity contribution in [1.82, 2.24) is 0 Å². The normalized spacial score (nSPS) is 25.5. The van der Waals surface area contributed by atoms with Crippen LogP contribution in [0, 0.1) is 5.41 Å². The van der Waals surface area contributed by atoms with Crippen molar-refractivity contribution in [1.29, 1.82) is 0 Å². The van der Waals surface area contributed by atoms with E-state index < -0.39 is 0 Å². The van der Waals surface area contributed by atoms with Crippen LogP contribution >= 0.6 is 0 Å². The Morgan fingerprint density at radius 2 is 1.93 bits per heavy atom. The van der Waals surface area contributed by atoms with Crippen molar-refractivity contribution < 1.29 is 4.74 Å². The summed E-state index contributed by atoms with van der Waals surface area (Å²) in [6.45, 7) is 7.29. The lowest BCUT2D eigenvalue weighted by Gasteiger charge is -2.34. The third-order valence-electron chi connectivity index (χ3n) is 2.56. The number of hydrogen-bond acceptors (Lipinski definition) is 1. The molecule has 1 atom stereocenters. The highest BCUT2D eigenvalue weighted by Crippen LogP contribution is 2.36. The fourth-order valence-electron chi connectivity index (χ4n) is 1.49. The van der Waals surface area contributed by atoms with Gasteiger partial charge in [-0.3, -0.25) is 0 Å². The molecule has 0 N–H and O–H groups in total. The smallest absolute Gasteiger partial charge is 0.0729 e. The highest BCUT2D eigenvalue weighted by atomic mass is 16.5. The number of ether oxygens (including phenoxy) is 1. The predicted octanol–water partition coefficient (Wildman–Crippen LogP) is 3.14. The quantitative estimate of drug-likeness (QED) is 0.575. The molecule has 0 aromatic rings. The molecule has 2 heteroatoms. The highest BCUT2D eigenvalue weighted by molar-refractivity contribution is 5.46. The van der Waals surface area contributed by atoms with E-state index in [1.54, 1.807) is 0 Å². The minimum atomic E-state index is 0.189. The Labute approximate surface area is 85.3 Å². The Balaban J connectivity index is 2.12. The molecule has 0 saturated carbocycles. The second kappa shape index (κ2) is 3.19. The van der Waals surface area contributed by atoms with Crippen LogP contribution in [0.2, 0.25) is 0 Å². The Morgan fingerprint density at radius 3 is 2.43 bits per heavy atom. The molecule has 0 unspecified atom stereocenters. The number of rotatable bonds is 0. The number of nitrogens with zero attached hydrogens (tertiary/aromatic N) is 1. The van der Waals surface area contributed by atoms with Gasteiger partial charge >= 0.3 is 0 Å². The van der Waals surface area contributed by atoms with E-state index in [1.165, 1.54) is 0 Å². The van der Waals surface area contributed by atoms with Crippen LogP contribution < -0.4 is 0 Å². The first-order valence-electron chi connectivity index (χ1n) is 5.00. The van der Waals surface area contributed by atoms with Crippen LogP contribution in [-0.4, -0.2) is 12.6 Å². The van der Waals surface area contributed by atoms with Gasteiger partial charge in [0.15, 0.2) is 0 Å². The highest BCUT2D eigenvalue weighted by Gasteiger charge is 2.22. The topological polar surface area (TPSA) is 23.3 Å². The molecule has 0 aromatic carbocycles. The maximum atomic E-state index is 5.59. The zero-order valence-corrected chi connectivity index (χ0v) is 8.95. The predicted molar refractivity (Wildman–Crippen MR) is 57.9 cm³/mol. The summed E-state index contributed by atoms with van der Waals surface area (Å²) >= 11 is 0. The van der Waals surface area contributed by atoms with E-state index in [0.29, 0.717) is 6.61 Å². The van der Waals surface area contributed by atoms with Crippen molar-refractivity contribution in [3.63, 3.8) is 0 Å². The van der Waals surface area contributed by atoms with Crippen LogP contribution in [0.3, 0.4) is 0 Å². The first kappa shape index (κ1) is 9.38. The first-order chi connectivity index (χ1) is 6.57. The third kappa shape index (κ3) is 1.69. The van der Waals surface area contributed by atoms with Gasteiger partial charge in [0.1, 0.15) is 0 Å². The van der Waals surface area contributed by atoms with Crippen LogP contribution in [0.25, 0.3) is 5.32 Å². The van der Waals surface area contributed by atoms with Crippen molar-refractivity contribution in [3.05, 3.63) is 41.1 Å². The van der Waals surface area contributed by atoms with Crippen LogP contribution in [0.15, 0.2) is 35.8 Å². The largest absolute Gasteiger partial charge is 0.648 e. The minimum absolute atomic E-state index is 0.189. The zero-order chi connectivity index (χ0) is 10.2. The van der Waals surface area contributed by atoms with Crippen molar-refractivity contribution in [2.24, 2.45) is 5.41 Å². The minimum Gasteiger partial charge on any atom is -0.648 e. The molecule has 1 saturated heterocycles. The van der Waals surface area contributed by atoms with Gasteiger partial charge in [0.25, 0.3) is 0 Å². The second-order valence-corrected chi connectivity index (χ2v) is 4.80. The molecule has 0 amide bonds. The molecular weight excluding hydrogens is 174 g/mol. The van der Waals surface area contributed by atoms with Gasteiger partial charge in [0.2, 0.25) is 0 Å². The summed E-state index contributed by atoms with van der Waals surface area (Å²) in [5, 5.41) is 4.60. The lowest BCUT2D eigenvalue weighted by Crippen LogP contribution is -2.25. The molecule has 0 spiro atoms. The van der Waals surface area contributed by atoms with E-state index in [4.69, 9.17) is 4.74 Å². The van der Waals surface area contributed by atoms with E-state index in [1.807, 2.05) is 24.3 Å². The molecule has 1 fully saturated rings. The maximum Gasteiger partial charge on any atom is 0.0729 e. The average molecular weight is 190 g/mol. The van der Waals surface area contributed by atoms with Gasteiger partial charge in [-0.05, 0) is 11.0 Å². The van der Waals surface area contributed by atoms with Crippen LogP contribution in [0.4, 0.5) is 0 Å².